The van der Waals surface area contributed by atoms with Gasteiger partial charge in [-0.25, -0.2) is 9.59 Å². The Hall–Kier alpha value is -2.08. The number of benzene rings is 1. The molecule has 2 fully saturated rings. The maximum atomic E-state index is 12.5. The van der Waals surface area contributed by atoms with Gasteiger partial charge in [-0.2, -0.15) is 4.57 Å². The van der Waals surface area contributed by atoms with Gasteiger partial charge < -0.3 is 14.2 Å². The Balaban J connectivity index is 1.57. The lowest BCUT2D eigenvalue weighted by atomic mass is 9.98. The van der Waals surface area contributed by atoms with Crippen molar-refractivity contribution in [3.05, 3.63) is 34.7 Å². The fourth-order valence-electron chi connectivity index (χ4n) is 4.36. The van der Waals surface area contributed by atoms with Crippen LogP contribution in [-0.4, -0.2) is 52.4 Å². The van der Waals surface area contributed by atoms with E-state index >= 15 is 0 Å². The van der Waals surface area contributed by atoms with Crippen molar-refractivity contribution < 1.29 is 14.0 Å². The van der Waals surface area contributed by atoms with Crippen LogP contribution in [-0.2, 0) is 4.74 Å². The van der Waals surface area contributed by atoms with E-state index in [2.05, 4.69) is 19.1 Å². The van der Waals surface area contributed by atoms with Gasteiger partial charge in [0.2, 0.25) is 0 Å². The molecule has 1 unspecified atom stereocenters. The van der Waals surface area contributed by atoms with Crippen molar-refractivity contribution in [3.63, 3.8) is 0 Å². The average molecular weight is 316 g/mol. The van der Waals surface area contributed by atoms with Crippen LogP contribution in [0.1, 0.15) is 25.7 Å². The highest BCUT2D eigenvalue weighted by atomic mass is 16.6. The van der Waals surface area contributed by atoms with Crippen LogP contribution in [0, 0.1) is 0 Å². The summed E-state index contributed by atoms with van der Waals surface area (Å²) < 4.78 is 7.82. The lowest BCUT2D eigenvalue weighted by Crippen LogP contribution is -2.56. The number of nitrogens with one attached hydrogen (secondary N) is 1. The quantitative estimate of drug-likeness (QED) is 0.819. The van der Waals surface area contributed by atoms with Gasteiger partial charge in [-0.05, 0) is 12.1 Å². The van der Waals surface area contributed by atoms with Gasteiger partial charge in [0.15, 0.2) is 0 Å². The van der Waals surface area contributed by atoms with Crippen molar-refractivity contribution in [2.75, 3.05) is 14.1 Å². The predicted octanol–water partition coefficient (Wildman–Crippen LogP) is 2.08. The number of nitrogens with zero attached hydrogens (tertiary/aromatic N) is 2. The Morgan fingerprint density at radius 1 is 1.22 bits per heavy atom. The zero-order chi connectivity index (χ0) is 16.2. The first-order chi connectivity index (χ1) is 11.0. The van der Waals surface area contributed by atoms with Crippen molar-refractivity contribution in [3.8, 4) is 0 Å². The number of aromatic nitrogens is 2. The predicted molar refractivity (Wildman–Crippen MR) is 86.4 cm³/mol. The number of rotatable bonds is 1. The standard InChI is InChI=1S/C17H21N3O3/c1-20(2)11-7-8-12(20)10-13(9-11)23-17(22)19-15-6-4-3-5-14(15)18-16(19)21/h3-6,11-13H,7-10H2,1-2H3/p+1/t11-,12+,13?. The molecule has 23 heavy (non-hydrogen) atoms. The maximum absolute atomic E-state index is 12.5. The number of H-pyrrole nitrogens is 1. The number of aromatic amines is 1. The van der Waals surface area contributed by atoms with E-state index < -0.39 is 11.8 Å². The Morgan fingerprint density at radius 3 is 2.57 bits per heavy atom. The molecular formula is C17H22N3O3+. The molecule has 122 valence electrons. The summed E-state index contributed by atoms with van der Waals surface area (Å²) in [5.41, 5.74) is 0.777. The van der Waals surface area contributed by atoms with E-state index in [1.807, 2.05) is 6.07 Å². The van der Waals surface area contributed by atoms with Crippen LogP contribution in [0.5, 0.6) is 0 Å². The first kappa shape index (κ1) is 14.5. The Labute approximate surface area is 134 Å². The third-order valence-corrected chi connectivity index (χ3v) is 5.82. The molecule has 4 rings (SSSR count). The summed E-state index contributed by atoms with van der Waals surface area (Å²) in [6.07, 6.45) is 3.49. The molecule has 2 bridgehead atoms. The highest BCUT2D eigenvalue weighted by molar-refractivity contribution is 5.86. The Bertz CT molecular complexity index is 804. The lowest BCUT2D eigenvalue weighted by molar-refractivity contribution is -0.931. The minimum Gasteiger partial charge on any atom is -0.445 e. The summed E-state index contributed by atoms with van der Waals surface area (Å²) in [6.45, 7) is 0. The van der Waals surface area contributed by atoms with Gasteiger partial charge in [0, 0.05) is 25.7 Å². The smallest absolute Gasteiger partial charge is 0.423 e. The van der Waals surface area contributed by atoms with E-state index in [0.717, 1.165) is 21.9 Å². The number of carbonyl (C=O) groups excluding carboxylic acids is 1. The summed E-state index contributed by atoms with van der Waals surface area (Å²) in [5, 5.41) is 0. The van der Waals surface area contributed by atoms with Crippen molar-refractivity contribution in [2.24, 2.45) is 0 Å². The molecule has 3 heterocycles. The van der Waals surface area contributed by atoms with E-state index in [0.29, 0.717) is 23.1 Å². The highest BCUT2D eigenvalue weighted by Gasteiger charge is 2.50. The molecule has 2 aliphatic rings. The number of piperidine rings is 1. The largest absolute Gasteiger partial charge is 0.445 e. The lowest BCUT2D eigenvalue weighted by Gasteiger charge is -2.43. The number of quaternary nitrogens is 1. The maximum Gasteiger partial charge on any atom is 0.423 e. The van der Waals surface area contributed by atoms with Gasteiger partial charge in [-0.1, -0.05) is 12.1 Å². The van der Waals surface area contributed by atoms with Crippen LogP contribution in [0.25, 0.3) is 11.0 Å². The number of ether oxygens (including phenoxy) is 1. The molecule has 0 radical (unpaired) electrons. The summed E-state index contributed by atoms with van der Waals surface area (Å²) in [6, 6.07) is 8.26. The number of carbonyl (C=O) groups is 1. The van der Waals surface area contributed by atoms with E-state index in [9.17, 15) is 9.59 Å². The number of hydrogen-bond acceptors (Lipinski definition) is 3. The number of para-hydroxylation sites is 2. The van der Waals surface area contributed by atoms with Crippen molar-refractivity contribution in [1.82, 2.24) is 9.55 Å². The van der Waals surface area contributed by atoms with Crippen LogP contribution < -0.4 is 5.69 Å². The fraction of sp³-hybridized carbons (Fsp3) is 0.529. The first-order valence-corrected chi connectivity index (χ1v) is 8.21. The van der Waals surface area contributed by atoms with Crippen LogP contribution in [0.4, 0.5) is 4.79 Å². The topological polar surface area (TPSA) is 64.1 Å². The SMILES string of the molecule is C[N+]1(C)[C@@H]2CC[C@H]1CC(OC(=O)n1c(=O)[nH]c3ccccc31)C2. The summed E-state index contributed by atoms with van der Waals surface area (Å²) in [5.74, 6) is 0. The summed E-state index contributed by atoms with van der Waals surface area (Å²) in [4.78, 5) is 27.3. The van der Waals surface area contributed by atoms with E-state index in [1.165, 1.54) is 12.8 Å². The molecule has 0 saturated carbocycles. The molecule has 3 atom stereocenters. The second-order valence-corrected chi connectivity index (χ2v) is 7.27. The number of fused-ring (bicyclic) bond motifs is 3. The van der Waals surface area contributed by atoms with Crippen LogP contribution >= 0.6 is 0 Å². The summed E-state index contributed by atoms with van der Waals surface area (Å²) >= 11 is 0. The molecular weight excluding hydrogens is 294 g/mol. The van der Waals surface area contributed by atoms with E-state index in [4.69, 9.17) is 4.74 Å². The van der Waals surface area contributed by atoms with Crippen molar-refractivity contribution in [2.45, 2.75) is 43.9 Å². The second-order valence-electron chi connectivity index (χ2n) is 7.27. The summed E-state index contributed by atoms with van der Waals surface area (Å²) in [7, 11) is 4.54. The minimum absolute atomic E-state index is 0.0910. The van der Waals surface area contributed by atoms with Gasteiger partial charge in [0.25, 0.3) is 0 Å². The average Bonchev–Trinajstić information content (AvgIpc) is 2.85. The van der Waals surface area contributed by atoms with E-state index in [-0.39, 0.29) is 6.10 Å². The molecule has 2 aliphatic heterocycles. The van der Waals surface area contributed by atoms with Crippen LogP contribution in [0.3, 0.4) is 0 Å². The normalized spacial score (nSPS) is 28.9. The highest BCUT2D eigenvalue weighted by Crippen LogP contribution is 2.40. The minimum atomic E-state index is -0.566. The molecule has 6 nitrogen and oxygen atoms in total. The fourth-order valence-corrected chi connectivity index (χ4v) is 4.36. The molecule has 1 aromatic carbocycles. The van der Waals surface area contributed by atoms with Crippen molar-refractivity contribution in [1.29, 1.82) is 0 Å². The Morgan fingerprint density at radius 2 is 1.87 bits per heavy atom. The molecule has 1 N–H and O–H groups in total. The molecule has 2 aromatic rings. The Kier molecular flexibility index (Phi) is 3.13. The molecule has 2 saturated heterocycles. The zero-order valence-electron chi connectivity index (χ0n) is 13.5. The van der Waals surface area contributed by atoms with Gasteiger partial charge in [-0.3, -0.25) is 0 Å². The third kappa shape index (κ3) is 2.20. The van der Waals surface area contributed by atoms with E-state index in [1.54, 1.807) is 18.2 Å². The number of hydrogen-bond donors (Lipinski definition) is 1. The molecule has 0 aliphatic carbocycles. The second kappa shape index (κ2) is 4.96. The van der Waals surface area contributed by atoms with Crippen LogP contribution in [0.2, 0.25) is 0 Å². The molecule has 1 aromatic heterocycles. The van der Waals surface area contributed by atoms with Gasteiger partial charge in [-0.15, -0.1) is 0 Å². The van der Waals surface area contributed by atoms with Crippen LogP contribution in [0.15, 0.2) is 29.1 Å². The van der Waals surface area contributed by atoms with Gasteiger partial charge in [0.05, 0.1) is 37.2 Å². The zero-order valence-corrected chi connectivity index (χ0v) is 13.5. The number of imidazole rings is 1. The monoisotopic (exact) mass is 316 g/mol. The van der Waals surface area contributed by atoms with Gasteiger partial charge in [0.1, 0.15) is 6.10 Å². The molecule has 6 heteroatoms. The third-order valence-electron chi connectivity index (χ3n) is 5.82. The van der Waals surface area contributed by atoms with Crippen molar-refractivity contribution >= 4 is 17.1 Å². The molecule has 0 amide bonds. The first-order valence-electron chi connectivity index (χ1n) is 8.21. The van der Waals surface area contributed by atoms with Gasteiger partial charge >= 0.3 is 11.8 Å². The molecule has 0 spiro atoms.